The van der Waals surface area contributed by atoms with E-state index in [2.05, 4.69) is 21.5 Å². The van der Waals surface area contributed by atoms with E-state index in [0.29, 0.717) is 6.42 Å². The molecule has 0 saturated carbocycles. The van der Waals surface area contributed by atoms with Gasteiger partial charge in [-0.05, 0) is 31.5 Å². The van der Waals surface area contributed by atoms with Gasteiger partial charge in [-0.15, -0.1) is 0 Å². The maximum atomic E-state index is 10.6. The molecule has 0 aliphatic rings. The van der Waals surface area contributed by atoms with Crippen LogP contribution in [0.15, 0.2) is 12.3 Å². The molecule has 2 aromatic rings. The number of carbonyl (C=O) groups is 1. The zero-order valence-electron chi connectivity index (χ0n) is 11.3. The first kappa shape index (κ1) is 13.5. The summed E-state index contributed by atoms with van der Waals surface area (Å²) in [5.41, 5.74) is 8.08. The van der Waals surface area contributed by atoms with Gasteiger partial charge in [-0.2, -0.15) is 5.10 Å². The molecule has 1 amide bonds. The summed E-state index contributed by atoms with van der Waals surface area (Å²) in [5, 5.41) is 8.70. The Bertz CT molecular complexity index is 590. The van der Waals surface area contributed by atoms with Gasteiger partial charge in [0.25, 0.3) is 0 Å². The SMILES string of the molecule is Cc1nn(C)c2ncc(CNCCCC(N)=O)cc12. The van der Waals surface area contributed by atoms with E-state index in [1.807, 2.05) is 20.2 Å². The Morgan fingerprint density at radius 1 is 1.53 bits per heavy atom. The lowest BCUT2D eigenvalue weighted by Crippen LogP contribution is -2.18. The Balaban J connectivity index is 1.94. The van der Waals surface area contributed by atoms with Gasteiger partial charge in [0.2, 0.25) is 5.91 Å². The molecule has 0 saturated heterocycles. The first-order valence-corrected chi connectivity index (χ1v) is 6.35. The summed E-state index contributed by atoms with van der Waals surface area (Å²) in [4.78, 5) is 15.0. The topological polar surface area (TPSA) is 85.8 Å². The molecule has 0 atom stereocenters. The third-order valence-electron chi connectivity index (χ3n) is 3.03. The van der Waals surface area contributed by atoms with Crippen molar-refractivity contribution in [3.63, 3.8) is 0 Å². The average Bonchev–Trinajstić information content (AvgIpc) is 2.64. The van der Waals surface area contributed by atoms with Gasteiger partial charge in [0.05, 0.1) is 5.69 Å². The number of rotatable bonds is 6. The molecule has 2 aromatic heterocycles. The van der Waals surface area contributed by atoms with Crippen LogP contribution in [0.5, 0.6) is 0 Å². The first-order valence-electron chi connectivity index (χ1n) is 6.35. The maximum absolute atomic E-state index is 10.6. The van der Waals surface area contributed by atoms with Crippen molar-refractivity contribution >= 4 is 16.9 Å². The van der Waals surface area contributed by atoms with Crippen molar-refractivity contribution in [2.24, 2.45) is 12.8 Å². The van der Waals surface area contributed by atoms with Gasteiger partial charge in [0.15, 0.2) is 5.65 Å². The predicted molar refractivity (Wildman–Crippen MR) is 73.4 cm³/mol. The molecule has 6 heteroatoms. The van der Waals surface area contributed by atoms with E-state index in [-0.39, 0.29) is 5.91 Å². The second-order valence-electron chi connectivity index (χ2n) is 4.67. The van der Waals surface area contributed by atoms with Crippen LogP contribution in [0.1, 0.15) is 24.1 Å². The number of hydrogen-bond donors (Lipinski definition) is 2. The smallest absolute Gasteiger partial charge is 0.217 e. The molecule has 3 N–H and O–H groups in total. The van der Waals surface area contributed by atoms with Crippen molar-refractivity contribution in [3.05, 3.63) is 23.5 Å². The quantitative estimate of drug-likeness (QED) is 0.747. The minimum atomic E-state index is -0.254. The summed E-state index contributed by atoms with van der Waals surface area (Å²) in [6.07, 6.45) is 3.04. The highest BCUT2D eigenvalue weighted by Crippen LogP contribution is 2.16. The largest absolute Gasteiger partial charge is 0.370 e. The predicted octanol–water partition coefficient (Wildman–Crippen LogP) is 0.632. The normalized spacial score (nSPS) is 11.1. The number of nitrogens with one attached hydrogen (secondary N) is 1. The van der Waals surface area contributed by atoms with Gasteiger partial charge in [0, 0.05) is 31.6 Å². The summed E-state index contributed by atoms with van der Waals surface area (Å²) < 4.78 is 1.79. The average molecular weight is 261 g/mol. The van der Waals surface area contributed by atoms with Gasteiger partial charge in [-0.3, -0.25) is 9.48 Å². The molecule has 0 fully saturated rings. The van der Waals surface area contributed by atoms with Crippen LogP contribution in [0.4, 0.5) is 0 Å². The van der Waals surface area contributed by atoms with Crippen LogP contribution in [0.3, 0.4) is 0 Å². The van der Waals surface area contributed by atoms with Crippen LogP contribution in [-0.2, 0) is 18.4 Å². The molecule has 0 spiro atoms. The fraction of sp³-hybridized carbons (Fsp3) is 0.462. The van der Waals surface area contributed by atoms with Crippen LogP contribution in [-0.4, -0.2) is 27.2 Å². The van der Waals surface area contributed by atoms with Crippen molar-refractivity contribution in [3.8, 4) is 0 Å². The molecule has 0 aliphatic heterocycles. The molecular formula is C13H19N5O. The summed E-state index contributed by atoms with van der Waals surface area (Å²) in [5.74, 6) is -0.254. The second-order valence-corrected chi connectivity index (χ2v) is 4.67. The number of carbonyl (C=O) groups excluding carboxylic acids is 1. The Labute approximate surface area is 112 Å². The van der Waals surface area contributed by atoms with E-state index in [9.17, 15) is 4.79 Å². The van der Waals surface area contributed by atoms with E-state index in [0.717, 1.165) is 41.8 Å². The van der Waals surface area contributed by atoms with Crippen LogP contribution < -0.4 is 11.1 Å². The van der Waals surface area contributed by atoms with E-state index in [4.69, 9.17) is 5.73 Å². The van der Waals surface area contributed by atoms with E-state index in [1.165, 1.54) is 0 Å². The Morgan fingerprint density at radius 3 is 3.05 bits per heavy atom. The number of pyridine rings is 1. The minimum Gasteiger partial charge on any atom is -0.370 e. The van der Waals surface area contributed by atoms with Gasteiger partial charge in [0.1, 0.15) is 0 Å². The first-order chi connectivity index (χ1) is 9.08. The monoisotopic (exact) mass is 261 g/mol. The van der Waals surface area contributed by atoms with E-state index < -0.39 is 0 Å². The number of primary amides is 1. The minimum absolute atomic E-state index is 0.254. The van der Waals surface area contributed by atoms with Crippen LogP contribution in [0.25, 0.3) is 11.0 Å². The zero-order chi connectivity index (χ0) is 13.8. The molecule has 0 aliphatic carbocycles. The van der Waals surface area contributed by atoms with Gasteiger partial charge in [-0.25, -0.2) is 4.98 Å². The molecule has 0 bridgehead atoms. The third-order valence-corrected chi connectivity index (χ3v) is 3.03. The van der Waals surface area contributed by atoms with Gasteiger partial charge in [-0.1, -0.05) is 0 Å². The number of fused-ring (bicyclic) bond motifs is 1. The van der Waals surface area contributed by atoms with Crippen LogP contribution in [0.2, 0.25) is 0 Å². The molecule has 19 heavy (non-hydrogen) atoms. The second kappa shape index (κ2) is 5.79. The molecule has 0 radical (unpaired) electrons. The Morgan fingerprint density at radius 2 is 2.32 bits per heavy atom. The van der Waals surface area contributed by atoms with Gasteiger partial charge >= 0.3 is 0 Å². The fourth-order valence-electron chi connectivity index (χ4n) is 2.07. The number of nitrogens with two attached hydrogens (primary N) is 1. The molecule has 2 rings (SSSR count). The zero-order valence-corrected chi connectivity index (χ0v) is 11.3. The molecular weight excluding hydrogens is 242 g/mol. The molecule has 0 aromatic carbocycles. The van der Waals surface area contributed by atoms with Crippen LogP contribution >= 0.6 is 0 Å². The number of amides is 1. The number of aromatic nitrogens is 3. The van der Waals surface area contributed by atoms with Crippen LogP contribution in [0, 0.1) is 6.92 Å². The van der Waals surface area contributed by atoms with E-state index >= 15 is 0 Å². The lowest BCUT2D eigenvalue weighted by molar-refractivity contribution is -0.118. The number of hydrogen-bond acceptors (Lipinski definition) is 4. The highest BCUT2D eigenvalue weighted by molar-refractivity contribution is 5.78. The van der Waals surface area contributed by atoms with Crippen molar-refractivity contribution < 1.29 is 4.79 Å². The van der Waals surface area contributed by atoms with E-state index in [1.54, 1.807) is 4.68 Å². The van der Waals surface area contributed by atoms with Crippen molar-refractivity contribution in [1.29, 1.82) is 0 Å². The van der Waals surface area contributed by atoms with Gasteiger partial charge < -0.3 is 11.1 Å². The Kier molecular flexibility index (Phi) is 4.11. The lowest BCUT2D eigenvalue weighted by atomic mass is 10.2. The fourth-order valence-corrected chi connectivity index (χ4v) is 2.07. The molecule has 2 heterocycles. The van der Waals surface area contributed by atoms with Crippen molar-refractivity contribution in [2.45, 2.75) is 26.3 Å². The summed E-state index contributed by atoms with van der Waals surface area (Å²) in [6, 6.07) is 2.10. The Hall–Kier alpha value is -1.95. The molecule has 0 unspecified atom stereocenters. The summed E-state index contributed by atoms with van der Waals surface area (Å²) >= 11 is 0. The molecule has 102 valence electrons. The summed E-state index contributed by atoms with van der Waals surface area (Å²) in [7, 11) is 1.89. The summed E-state index contributed by atoms with van der Waals surface area (Å²) in [6.45, 7) is 3.48. The maximum Gasteiger partial charge on any atom is 0.217 e. The molecule has 6 nitrogen and oxygen atoms in total. The highest BCUT2D eigenvalue weighted by Gasteiger charge is 2.06. The standard InChI is InChI=1S/C13H19N5O/c1-9-11-6-10(7-15-5-3-4-12(14)19)8-16-13(11)18(2)17-9/h6,8,15H,3-5,7H2,1-2H3,(H2,14,19). The van der Waals surface area contributed by atoms with Crippen molar-refractivity contribution in [1.82, 2.24) is 20.1 Å². The number of nitrogens with zero attached hydrogens (tertiary/aromatic N) is 3. The lowest BCUT2D eigenvalue weighted by Gasteiger charge is -2.04. The van der Waals surface area contributed by atoms with Crippen molar-refractivity contribution in [2.75, 3.05) is 6.54 Å². The number of aryl methyl sites for hydroxylation is 2. The third kappa shape index (κ3) is 3.29. The highest BCUT2D eigenvalue weighted by atomic mass is 16.1.